The first-order chi connectivity index (χ1) is 19.3. The van der Waals surface area contributed by atoms with Gasteiger partial charge < -0.3 is 19.7 Å². The highest BCUT2D eigenvalue weighted by atomic mass is 16.5. The van der Waals surface area contributed by atoms with Gasteiger partial charge in [0, 0.05) is 73.5 Å². The second kappa shape index (κ2) is 12.6. The molecule has 40 heavy (non-hydrogen) atoms. The number of benzene rings is 1. The minimum atomic E-state index is -0.927. The molecule has 8 nitrogen and oxygen atoms in total. The summed E-state index contributed by atoms with van der Waals surface area (Å²) in [6, 6.07) is 11.0. The Morgan fingerprint density at radius 1 is 1.12 bits per heavy atom. The normalized spacial score (nSPS) is 17.3. The SMILES string of the molecule is Cc1cc(C)c(CNC(O)c2cc(-c3ccc(CN4CCOCC4)nc3)cc(N(C)C3CCCC3)c2C)c(=O)[nH]1. The minimum absolute atomic E-state index is 0.118. The summed E-state index contributed by atoms with van der Waals surface area (Å²) in [5, 5.41) is 14.6. The van der Waals surface area contributed by atoms with Crippen molar-refractivity contribution in [3.63, 3.8) is 0 Å². The first kappa shape index (κ1) is 28.5. The predicted molar refractivity (Wildman–Crippen MR) is 160 cm³/mol. The summed E-state index contributed by atoms with van der Waals surface area (Å²) >= 11 is 0. The van der Waals surface area contributed by atoms with E-state index in [0.717, 1.165) is 77.7 Å². The lowest BCUT2D eigenvalue weighted by atomic mass is 9.96. The van der Waals surface area contributed by atoms with Crippen molar-refractivity contribution in [2.75, 3.05) is 38.3 Å². The van der Waals surface area contributed by atoms with E-state index >= 15 is 0 Å². The molecule has 1 saturated heterocycles. The van der Waals surface area contributed by atoms with Crippen LogP contribution in [0.15, 0.2) is 41.3 Å². The first-order valence-corrected chi connectivity index (χ1v) is 14.5. The second-order valence-corrected chi connectivity index (χ2v) is 11.4. The largest absolute Gasteiger partial charge is 0.379 e. The lowest BCUT2D eigenvalue weighted by molar-refractivity contribution is 0.0336. The van der Waals surface area contributed by atoms with Crippen molar-refractivity contribution in [1.82, 2.24) is 20.2 Å². The standard InChI is InChI=1S/C32H43N5O3/c1-21-15-22(2)35-32(39)29(21)19-34-31(38)28-16-25(17-30(23(28)3)36(4)27-7-5-6-8-27)24-9-10-26(33-18-24)20-37-11-13-40-14-12-37/h9-10,15-18,27,31,34,38H,5-8,11-14,19-20H2,1-4H3,(H,35,39). The number of aromatic nitrogens is 2. The molecular weight excluding hydrogens is 502 g/mol. The number of hydrogen-bond donors (Lipinski definition) is 3. The zero-order valence-corrected chi connectivity index (χ0v) is 24.3. The second-order valence-electron chi connectivity index (χ2n) is 11.4. The molecule has 0 amide bonds. The number of hydrogen-bond acceptors (Lipinski definition) is 7. The zero-order valence-electron chi connectivity index (χ0n) is 24.3. The molecule has 5 rings (SSSR count). The summed E-state index contributed by atoms with van der Waals surface area (Å²) in [6.45, 7) is 10.4. The van der Waals surface area contributed by atoms with Crippen LogP contribution in [0.2, 0.25) is 0 Å². The summed E-state index contributed by atoms with van der Waals surface area (Å²) in [6.07, 6.45) is 5.89. The van der Waals surface area contributed by atoms with E-state index in [1.165, 1.54) is 25.7 Å². The van der Waals surface area contributed by atoms with Gasteiger partial charge in [-0.3, -0.25) is 20.0 Å². The van der Waals surface area contributed by atoms with Crippen LogP contribution < -0.4 is 15.8 Å². The number of aromatic amines is 1. The molecule has 8 heteroatoms. The van der Waals surface area contributed by atoms with Gasteiger partial charge in [-0.05, 0) is 74.6 Å². The van der Waals surface area contributed by atoms with Crippen LogP contribution in [0.25, 0.3) is 11.1 Å². The fraction of sp³-hybridized carbons (Fsp3) is 0.500. The van der Waals surface area contributed by atoms with E-state index in [1.807, 2.05) is 26.1 Å². The third-order valence-corrected chi connectivity index (χ3v) is 8.58. The lowest BCUT2D eigenvalue weighted by Crippen LogP contribution is -2.35. The number of nitrogens with one attached hydrogen (secondary N) is 2. The van der Waals surface area contributed by atoms with Gasteiger partial charge in [0.05, 0.1) is 18.9 Å². The van der Waals surface area contributed by atoms with Crippen LogP contribution in [0.3, 0.4) is 0 Å². The Bertz CT molecular complexity index is 1360. The summed E-state index contributed by atoms with van der Waals surface area (Å²) in [5.74, 6) is 0. The molecule has 1 unspecified atom stereocenters. The fourth-order valence-electron chi connectivity index (χ4n) is 6.11. The molecule has 1 atom stereocenters. The molecule has 3 aromatic rings. The number of morpholine rings is 1. The van der Waals surface area contributed by atoms with Crippen molar-refractivity contribution in [2.45, 2.75) is 71.8 Å². The molecule has 214 valence electrons. The number of H-pyrrole nitrogens is 1. The third-order valence-electron chi connectivity index (χ3n) is 8.58. The molecule has 1 aliphatic carbocycles. The molecule has 2 fully saturated rings. The van der Waals surface area contributed by atoms with Crippen LogP contribution in [-0.4, -0.2) is 59.4 Å². The number of aliphatic hydroxyl groups excluding tert-OH is 1. The van der Waals surface area contributed by atoms with E-state index in [9.17, 15) is 9.90 Å². The quantitative estimate of drug-likeness (QED) is 0.344. The Kier molecular flexibility index (Phi) is 9.00. The van der Waals surface area contributed by atoms with Crippen LogP contribution in [0.4, 0.5) is 5.69 Å². The van der Waals surface area contributed by atoms with E-state index in [-0.39, 0.29) is 12.1 Å². The minimum Gasteiger partial charge on any atom is -0.379 e. The summed E-state index contributed by atoms with van der Waals surface area (Å²) < 4.78 is 5.47. The molecule has 0 spiro atoms. The van der Waals surface area contributed by atoms with Crippen molar-refractivity contribution in [2.24, 2.45) is 0 Å². The number of rotatable bonds is 9. The van der Waals surface area contributed by atoms with Gasteiger partial charge >= 0.3 is 0 Å². The van der Waals surface area contributed by atoms with Gasteiger partial charge in [0.25, 0.3) is 5.56 Å². The van der Waals surface area contributed by atoms with E-state index < -0.39 is 6.23 Å². The van der Waals surface area contributed by atoms with Crippen LogP contribution in [-0.2, 0) is 17.8 Å². The number of aryl methyl sites for hydroxylation is 2. The van der Waals surface area contributed by atoms with Crippen LogP contribution in [0.5, 0.6) is 0 Å². The molecule has 1 saturated carbocycles. The molecule has 2 aliphatic rings. The molecule has 2 aromatic heterocycles. The Labute approximate surface area is 237 Å². The summed E-state index contributed by atoms with van der Waals surface area (Å²) in [7, 11) is 2.17. The van der Waals surface area contributed by atoms with Gasteiger partial charge in [0.15, 0.2) is 0 Å². The molecule has 0 bridgehead atoms. The van der Waals surface area contributed by atoms with E-state index in [4.69, 9.17) is 9.72 Å². The highest BCUT2D eigenvalue weighted by molar-refractivity contribution is 5.72. The topological polar surface area (TPSA) is 93.7 Å². The van der Waals surface area contributed by atoms with Gasteiger partial charge in [-0.25, -0.2) is 0 Å². The van der Waals surface area contributed by atoms with Crippen molar-refractivity contribution < 1.29 is 9.84 Å². The third kappa shape index (κ3) is 6.47. The number of aliphatic hydroxyl groups is 1. The Morgan fingerprint density at radius 2 is 1.88 bits per heavy atom. The number of anilines is 1. The summed E-state index contributed by atoms with van der Waals surface area (Å²) in [4.78, 5) is 25.0. The van der Waals surface area contributed by atoms with Gasteiger partial charge in [0.2, 0.25) is 0 Å². The Morgan fingerprint density at radius 3 is 2.55 bits per heavy atom. The van der Waals surface area contributed by atoms with Crippen molar-refractivity contribution in [3.8, 4) is 11.1 Å². The van der Waals surface area contributed by atoms with Crippen molar-refractivity contribution >= 4 is 5.69 Å². The average Bonchev–Trinajstić information content (AvgIpc) is 3.48. The maximum Gasteiger partial charge on any atom is 0.252 e. The van der Waals surface area contributed by atoms with Gasteiger partial charge in [-0.1, -0.05) is 18.9 Å². The van der Waals surface area contributed by atoms with Crippen LogP contribution in [0, 0.1) is 20.8 Å². The Balaban J connectivity index is 1.43. The van der Waals surface area contributed by atoms with Crippen molar-refractivity contribution in [1.29, 1.82) is 0 Å². The average molecular weight is 546 g/mol. The predicted octanol–water partition coefficient (Wildman–Crippen LogP) is 4.35. The van der Waals surface area contributed by atoms with Gasteiger partial charge in [-0.15, -0.1) is 0 Å². The van der Waals surface area contributed by atoms with Gasteiger partial charge in [0.1, 0.15) is 6.23 Å². The Hall–Kier alpha value is -3.04. The van der Waals surface area contributed by atoms with E-state index in [2.05, 4.69) is 58.3 Å². The number of pyridine rings is 2. The number of ether oxygens (including phenoxy) is 1. The molecule has 1 aromatic carbocycles. The smallest absolute Gasteiger partial charge is 0.252 e. The fourth-order valence-corrected chi connectivity index (χ4v) is 6.11. The molecular formula is C32H43N5O3. The van der Waals surface area contributed by atoms with Crippen LogP contribution in [0.1, 0.15) is 65.6 Å². The highest BCUT2D eigenvalue weighted by Crippen LogP contribution is 2.36. The lowest BCUT2D eigenvalue weighted by Gasteiger charge is -2.30. The maximum absolute atomic E-state index is 12.6. The van der Waals surface area contributed by atoms with E-state index in [0.29, 0.717) is 11.6 Å². The monoisotopic (exact) mass is 545 g/mol. The molecule has 1 aliphatic heterocycles. The summed E-state index contributed by atoms with van der Waals surface area (Å²) in [5.41, 5.74) is 8.34. The van der Waals surface area contributed by atoms with Crippen molar-refractivity contribution in [3.05, 3.63) is 80.5 Å². The number of nitrogens with zero attached hydrogens (tertiary/aromatic N) is 3. The van der Waals surface area contributed by atoms with Crippen LogP contribution >= 0.6 is 0 Å². The van der Waals surface area contributed by atoms with E-state index in [1.54, 1.807) is 0 Å². The maximum atomic E-state index is 12.6. The molecule has 3 heterocycles. The molecule has 3 N–H and O–H groups in total. The zero-order chi connectivity index (χ0) is 28.2. The van der Waals surface area contributed by atoms with Gasteiger partial charge in [-0.2, -0.15) is 0 Å². The highest BCUT2D eigenvalue weighted by Gasteiger charge is 2.24. The molecule has 0 radical (unpaired) electrons. The first-order valence-electron chi connectivity index (χ1n) is 14.5.